The number of H-pyrrole nitrogens is 2. The molecule has 6 heterocycles. The second-order valence-electron chi connectivity index (χ2n) is 15.4. The number of fused-ring (bicyclic) bond motifs is 6. The fourth-order valence-corrected chi connectivity index (χ4v) is 11.1. The van der Waals surface area contributed by atoms with Gasteiger partial charge in [0.2, 0.25) is 9.05 Å². The maximum absolute atomic E-state index is 12.6. The normalized spacial score (nSPS) is 20.8. The van der Waals surface area contributed by atoms with Crippen LogP contribution in [0.2, 0.25) is 0 Å². The minimum Gasteiger partial charge on any atom is -0.531 e. The number of aromatic nitrogens is 4. The van der Waals surface area contributed by atoms with E-state index in [0.717, 1.165) is 75.6 Å². The highest BCUT2D eigenvalue weighted by molar-refractivity contribution is 8.13. The third-order valence-corrected chi connectivity index (χ3v) is 13.8. The van der Waals surface area contributed by atoms with Crippen LogP contribution in [-0.2, 0) is 30.4 Å². The van der Waals surface area contributed by atoms with E-state index in [1.165, 1.54) is 0 Å². The fourth-order valence-electron chi connectivity index (χ4n) is 8.30. The molecule has 0 saturated heterocycles. The van der Waals surface area contributed by atoms with E-state index in [2.05, 4.69) is 19.9 Å². The molecule has 10 rings (SSSR count). The maximum atomic E-state index is 12.6. The van der Waals surface area contributed by atoms with Gasteiger partial charge in [-0.1, -0.05) is 60.7 Å². The minimum absolute atomic E-state index is 0.0860. The summed E-state index contributed by atoms with van der Waals surface area (Å²) in [6.07, 6.45) is 10.5. The summed E-state index contributed by atoms with van der Waals surface area (Å²) in [7, 11) is -3.41. The molecule has 18 heteroatoms. The van der Waals surface area contributed by atoms with Crippen molar-refractivity contribution >= 4 is 77.0 Å². The maximum Gasteiger partial charge on any atom is 0.552 e. The molecule has 0 atom stereocenters. The summed E-state index contributed by atoms with van der Waals surface area (Å²) in [5.74, 6) is 5.71. The number of nitrogens with one attached hydrogen (secondary N) is 2. The predicted octanol–water partition coefficient (Wildman–Crippen LogP) is 5.85. The Balaban J connectivity index is 0.000000138. The molecule has 0 unspecified atom stereocenters. The quantitative estimate of drug-likeness (QED) is 0.0906. The Morgan fingerprint density at radius 1 is 0.695 bits per heavy atom. The highest BCUT2D eigenvalue weighted by Crippen LogP contribution is 2.49. The van der Waals surface area contributed by atoms with Crippen LogP contribution in [0.15, 0.2) is 110 Å². The highest BCUT2D eigenvalue weighted by atomic mass is 35.7. The van der Waals surface area contributed by atoms with Crippen molar-refractivity contribution < 1.29 is 36.2 Å². The number of nitrogens with two attached hydrogens (primary N) is 1. The Hall–Kier alpha value is -4.90. The second kappa shape index (κ2) is 17.0. The molecule has 0 bridgehead atoms. The molecule has 0 amide bonds. The van der Waals surface area contributed by atoms with Crippen LogP contribution in [0.25, 0.3) is 33.2 Å². The molecule has 2 aromatic carbocycles. The zero-order chi connectivity index (χ0) is 41.3. The summed E-state index contributed by atoms with van der Waals surface area (Å²) < 4.78 is 57.3. The number of nitrogens with zero attached hydrogens (tertiary/aromatic N) is 2. The van der Waals surface area contributed by atoms with Gasteiger partial charge in [-0.3, -0.25) is 0 Å². The molecule has 2 aliphatic carbocycles. The van der Waals surface area contributed by atoms with Crippen LogP contribution in [0, 0.1) is 17.8 Å². The SMILES string of the molecule is NC1CC(C2=CB(O)Oc3cnc4[nH]ccc4c32)C1.O=S(=O)(Cc1ccccc1)CC1CC(C2=CB(O)Oc3cnc4[nH]ccc4c32)C1.O=S(=O)(Cl)Cc1ccccc1. The lowest BCUT2D eigenvalue weighted by Gasteiger charge is -2.38. The van der Waals surface area contributed by atoms with Crippen molar-refractivity contribution in [2.24, 2.45) is 23.5 Å². The van der Waals surface area contributed by atoms with Gasteiger partial charge in [0.15, 0.2) is 9.84 Å². The van der Waals surface area contributed by atoms with Crippen molar-refractivity contribution in [2.75, 3.05) is 5.75 Å². The summed E-state index contributed by atoms with van der Waals surface area (Å²) in [6.45, 7) is 0. The van der Waals surface area contributed by atoms with E-state index >= 15 is 0 Å². The number of hydrogen-bond acceptors (Lipinski definition) is 11. The Kier molecular flexibility index (Phi) is 11.8. The fraction of sp³-hybridized carbons (Fsp3) is 0.268. The third kappa shape index (κ3) is 9.61. The summed E-state index contributed by atoms with van der Waals surface area (Å²) in [4.78, 5) is 14.8. The molecule has 6 N–H and O–H groups in total. The lowest BCUT2D eigenvalue weighted by Crippen LogP contribution is -2.38. The van der Waals surface area contributed by atoms with Gasteiger partial charge in [0, 0.05) is 51.0 Å². The molecule has 4 aliphatic rings. The van der Waals surface area contributed by atoms with Crippen LogP contribution in [0.3, 0.4) is 0 Å². The van der Waals surface area contributed by atoms with Gasteiger partial charge < -0.3 is 35.1 Å². The van der Waals surface area contributed by atoms with Crippen LogP contribution in [0.1, 0.15) is 47.9 Å². The van der Waals surface area contributed by atoms with Crippen molar-refractivity contribution in [3.63, 3.8) is 0 Å². The first-order valence-corrected chi connectivity index (χ1v) is 23.6. The van der Waals surface area contributed by atoms with E-state index in [-0.39, 0.29) is 35.1 Å². The van der Waals surface area contributed by atoms with Crippen LogP contribution in [0.5, 0.6) is 11.5 Å². The minimum atomic E-state index is -3.40. The monoisotopic (exact) mass is 853 g/mol. The molecular weight excluding hydrogens is 812 g/mol. The molecule has 304 valence electrons. The van der Waals surface area contributed by atoms with Gasteiger partial charge in [-0.2, -0.15) is 0 Å². The highest BCUT2D eigenvalue weighted by Gasteiger charge is 2.39. The van der Waals surface area contributed by atoms with Crippen molar-refractivity contribution in [3.05, 3.63) is 132 Å². The Bertz CT molecular complexity index is 2740. The van der Waals surface area contributed by atoms with Gasteiger partial charge in [0.05, 0.1) is 29.7 Å². The van der Waals surface area contributed by atoms with Crippen molar-refractivity contribution in [2.45, 2.75) is 43.2 Å². The predicted molar refractivity (Wildman–Crippen MR) is 231 cm³/mol. The number of allylic oxidation sites excluding steroid dienone is 2. The molecule has 2 fully saturated rings. The van der Waals surface area contributed by atoms with Crippen molar-refractivity contribution in [3.8, 4) is 11.5 Å². The Morgan fingerprint density at radius 3 is 1.61 bits per heavy atom. The van der Waals surface area contributed by atoms with E-state index in [1.54, 1.807) is 48.6 Å². The molecular formula is C41H42B2ClN5O8S2. The van der Waals surface area contributed by atoms with Crippen LogP contribution < -0.4 is 15.0 Å². The molecule has 13 nitrogen and oxygen atoms in total. The van der Waals surface area contributed by atoms with Crippen LogP contribution in [-0.4, -0.2) is 72.9 Å². The lowest BCUT2D eigenvalue weighted by atomic mass is 9.66. The number of hydrogen-bond donors (Lipinski definition) is 5. The van der Waals surface area contributed by atoms with E-state index in [4.69, 9.17) is 25.7 Å². The molecule has 2 aliphatic heterocycles. The summed E-state index contributed by atoms with van der Waals surface area (Å²) in [5.41, 5.74) is 13.2. The Labute approximate surface area is 347 Å². The van der Waals surface area contributed by atoms with E-state index in [0.29, 0.717) is 23.0 Å². The number of sulfone groups is 1. The van der Waals surface area contributed by atoms with Crippen molar-refractivity contribution in [1.82, 2.24) is 19.9 Å². The molecule has 6 aromatic rings. The van der Waals surface area contributed by atoms with Crippen LogP contribution in [0.4, 0.5) is 0 Å². The number of pyridine rings is 2. The summed E-state index contributed by atoms with van der Waals surface area (Å²) in [5, 5.41) is 21.9. The lowest BCUT2D eigenvalue weighted by molar-refractivity contribution is 0.272. The van der Waals surface area contributed by atoms with E-state index in [9.17, 15) is 26.9 Å². The van der Waals surface area contributed by atoms with E-state index < -0.39 is 33.1 Å². The number of aromatic amines is 2. The second-order valence-corrected chi connectivity index (χ2v) is 20.3. The number of benzene rings is 2. The zero-order valence-corrected chi connectivity index (χ0v) is 34.2. The standard InChI is InChI=1S/C21H21BN2O4S.C13H14BN3O2.C7H7ClO2S/c25-22-10-18(20-17-6-7-23-21(17)24-11-19(20)28-22)16-8-15(9-16)13-29(26,27)12-14-4-2-1-3-5-14;15-8-3-7(4-8)10-5-14(18)19-11-6-17-13-9(12(10)11)1-2-16-13;8-11(9,10)6-7-4-2-1-3-5-7/h1-7,10-11,15-16,25H,8-9,12-13H2,(H,23,24);1-2,5-8,18H,3-4,15H2,(H,16,17);1-5H,6H2. The van der Waals surface area contributed by atoms with Gasteiger partial charge in [-0.05, 0) is 89.8 Å². The molecule has 0 spiro atoms. The van der Waals surface area contributed by atoms with Gasteiger partial charge >= 0.3 is 14.2 Å². The first-order valence-electron chi connectivity index (χ1n) is 19.3. The first kappa shape index (κ1) is 40.9. The smallest absolute Gasteiger partial charge is 0.531 e. The zero-order valence-electron chi connectivity index (χ0n) is 31.8. The average Bonchev–Trinajstić information content (AvgIpc) is 3.85. The summed E-state index contributed by atoms with van der Waals surface area (Å²) in [6, 6.07) is 22.4. The van der Waals surface area contributed by atoms with E-state index in [1.807, 2.05) is 60.9 Å². The average molecular weight is 854 g/mol. The van der Waals surface area contributed by atoms with Gasteiger partial charge in [0.25, 0.3) is 0 Å². The van der Waals surface area contributed by atoms with Crippen molar-refractivity contribution in [1.29, 1.82) is 0 Å². The van der Waals surface area contributed by atoms with Gasteiger partial charge in [-0.25, -0.2) is 26.8 Å². The Morgan fingerprint density at radius 2 is 1.15 bits per heavy atom. The summed E-state index contributed by atoms with van der Waals surface area (Å²) >= 11 is 0. The third-order valence-electron chi connectivity index (χ3n) is 11.0. The molecule has 4 aromatic heterocycles. The number of halogens is 1. The molecule has 2 saturated carbocycles. The van der Waals surface area contributed by atoms with Crippen LogP contribution >= 0.6 is 10.7 Å². The molecule has 59 heavy (non-hydrogen) atoms. The largest absolute Gasteiger partial charge is 0.552 e. The van der Waals surface area contributed by atoms with Gasteiger partial charge in [-0.15, -0.1) is 0 Å². The first-order chi connectivity index (χ1) is 28.3. The topological polar surface area (TPSA) is 211 Å². The molecule has 0 radical (unpaired) electrons. The number of rotatable bonds is 8. The van der Waals surface area contributed by atoms with Gasteiger partial charge in [0.1, 0.15) is 22.8 Å².